The van der Waals surface area contributed by atoms with Crippen LogP contribution < -0.4 is 4.74 Å². The second-order valence-electron chi connectivity index (χ2n) is 4.38. The first-order chi connectivity index (χ1) is 10.5. The van der Waals surface area contributed by atoms with Crippen LogP contribution in [0.5, 0.6) is 5.75 Å². The van der Waals surface area contributed by atoms with Crippen LogP contribution in [0.2, 0.25) is 0 Å². The number of carbonyl (C=O) groups is 3. The van der Waals surface area contributed by atoms with Gasteiger partial charge in [0.1, 0.15) is 5.75 Å². The van der Waals surface area contributed by atoms with E-state index in [1.165, 1.54) is 7.11 Å². The van der Waals surface area contributed by atoms with E-state index < -0.39 is 17.9 Å². The van der Waals surface area contributed by atoms with Gasteiger partial charge >= 0.3 is 11.9 Å². The molecule has 0 aliphatic carbocycles. The van der Waals surface area contributed by atoms with Crippen molar-refractivity contribution in [1.82, 2.24) is 0 Å². The van der Waals surface area contributed by atoms with Gasteiger partial charge in [0.25, 0.3) is 0 Å². The second-order valence-corrected chi connectivity index (χ2v) is 4.38. The summed E-state index contributed by atoms with van der Waals surface area (Å²) in [5, 5.41) is 0. The van der Waals surface area contributed by atoms with Crippen molar-refractivity contribution in [2.24, 2.45) is 5.92 Å². The molecule has 22 heavy (non-hydrogen) atoms. The molecule has 0 aliphatic rings. The third kappa shape index (κ3) is 4.58. The summed E-state index contributed by atoms with van der Waals surface area (Å²) < 4.78 is 14.8. The Labute approximate surface area is 129 Å². The Hall–Kier alpha value is -2.37. The van der Waals surface area contributed by atoms with E-state index >= 15 is 0 Å². The number of ether oxygens (including phenoxy) is 3. The first-order valence-electron chi connectivity index (χ1n) is 7.04. The third-order valence-corrected chi connectivity index (χ3v) is 2.94. The summed E-state index contributed by atoms with van der Waals surface area (Å²) in [5.41, 5.74) is 0.309. The van der Waals surface area contributed by atoms with Gasteiger partial charge in [0.15, 0.2) is 11.7 Å². The minimum atomic E-state index is -1.27. The van der Waals surface area contributed by atoms with Gasteiger partial charge in [-0.3, -0.25) is 14.4 Å². The van der Waals surface area contributed by atoms with E-state index in [1.54, 1.807) is 38.1 Å². The van der Waals surface area contributed by atoms with E-state index in [-0.39, 0.29) is 25.4 Å². The van der Waals surface area contributed by atoms with Gasteiger partial charge in [0.2, 0.25) is 0 Å². The van der Waals surface area contributed by atoms with Gasteiger partial charge in [-0.15, -0.1) is 0 Å². The molecule has 0 fully saturated rings. The lowest BCUT2D eigenvalue weighted by Crippen LogP contribution is -2.30. The Balaban J connectivity index is 2.95. The number of benzene rings is 1. The Morgan fingerprint density at radius 3 is 2.05 bits per heavy atom. The number of hydrogen-bond acceptors (Lipinski definition) is 6. The van der Waals surface area contributed by atoms with Crippen molar-refractivity contribution in [1.29, 1.82) is 0 Å². The smallest absolute Gasteiger partial charge is 0.320 e. The van der Waals surface area contributed by atoms with Crippen molar-refractivity contribution in [3.05, 3.63) is 29.8 Å². The van der Waals surface area contributed by atoms with Crippen LogP contribution in [0.4, 0.5) is 0 Å². The zero-order valence-corrected chi connectivity index (χ0v) is 13.0. The minimum Gasteiger partial charge on any atom is -0.496 e. The van der Waals surface area contributed by atoms with Crippen molar-refractivity contribution in [2.75, 3.05) is 20.3 Å². The van der Waals surface area contributed by atoms with Gasteiger partial charge < -0.3 is 14.2 Å². The largest absolute Gasteiger partial charge is 0.496 e. The molecular formula is C16H20O6. The van der Waals surface area contributed by atoms with Crippen molar-refractivity contribution < 1.29 is 28.6 Å². The summed E-state index contributed by atoms with van der Waals surface area (Å²) in [6.45, 7) is 3.50. The van der Waals surface area contributed by atoms with E-state index in [9.17, 15) is 14.4 Å². The number of carbonyl (C=O) groups excluding carboxylic acids is 3. The van der Waals surface area contributed by atoms with Crippen LogP contribution in [0.1, 0.15) is 30.6 Å². The van der Waals surface area contributed by atoms with Gasteiger partial charge in [-0.05, 0) is 26.0 Å². The summed E-state index contributed by atoms with van der Waals surface area (Å²) in [6.07, 6.45) is -0.321. The van der Waals surface area contributed by atoms with Crippen molar-refractivity contribution in [3.8, 4) is 5.75 Å². The van der Waals surface area contributed by atoms with E-state index in [0.717, 1.165) is 0 Å². The summed E-state index contributed by atoms with van der Waals surface area (Å²) in [4.78, 5) is 36.1. The number of esters is 2. The van der Waals surface area contributed by atoms with Crippen molar-refractivity contribution in [3.63, 3.8) is 0 Å². The molecule has 0 amide bonds. The van der Waals surface area contributed by atoms with E-state index in [0.29, 0.717) is 11.3 Å². The van der Waals surface area contributed by atoms with Crippen LogP contribution in [0.3, 0.4) is 0 Å². The third-order valence-electron chi connectivity index (χ3n) is 2.94. The normalized spacial score (nSPS) is 10.2. The predicted molar refractivity (Wildman–Crippen MR) is 78.7 cm³/mol. The number of rotatable bonds is 8. The van der Waals surface area contributed by atoms with Crippen molar-refractivity contribution >= 4 is 17.7 Å². The number of para-hydroxylation sites is 1. The highest BCUT2D eigenvalue weighted by Gasteiger charge is 2.32. The van der Waals surface area contributed by atoms with E-state index in [2.05, 4.69) is 0 Å². The fraction of sp³-hybridized carbons (Fsp3) is 0.438. The average molecular weight is 308 g/mol. The molecule has 0 spiro atoms. The average Bonchev–Trinajstić information content (AvgIpc) is 2.52. The number of Topliss-reactive ketones (excluding diaryl/α,β-unsaturated/α-hetero) is 1. The predicted octanol–water partition coefficient (Wildman–Crippen LogP) is 2.01. The molecule has 0 unspecified atom stereocenters. The van der Waals surface area contributed by atoms with Gasteiger partial charge in [-0.25, -0.2) is 0 Å². The van der Waals surface area contributed by atoms with Crippen LogP contribution in [-0.4, -0.2) is 38.0 Å². The first kappa shape index (κ1) is 17.7. The monoisotopic (exact) mass is 308 g/mol. The minimum absolute atomic E-state index is 0.123. The maximum absolute atomic E-state index is 12.4. The lowest BCUT2D eigenvalue weighted by atomic mass is 9.97. The second kappa shape index (κ2) is 8.81. The highest BCUT2D eigenvalue weighted by atomic mass is 16.6. The molecule has 0 atom stereocenters. The van der Waals surface area contributed by atoms with Gasteiger partial charge in [0, 0.05) is 6.42 Å². The quantitative estimate of drug-likeness (QED) is 0.415. The van der Waals surface area contributed by atoms with Crippen LogP contribution in [0, 0.1) is 5.92 Å². The molecule has 0 aromatic heterocycles. The molecule has 0 radical (unpaired) electrons. The zero-order valence-electron chi connectivity index (χ0n) is 13.0. The molecule has 6 nitrogen and oxygen atoms in total. The number of hydrogen-bond donors (Lipinski definition) is 0. The first-order valence-corrected chi connectivity index (χ1v) is 7.04. The molecule has 0 saturated carbocycles. The van der Waals surface area contributed by atoms with Crippen LogP contribution in [-0.2, 0) is 19.1 Å². The fourth-order valence-electron chi connectivity index (χ4n) is 1.92. The standard InChI is InChI=1S/C16H20O6/c1-4-21-15(18)12(16(19)22-5-2)10-13(17)11-8-6-7-9-14(11)20-3/h6-9,12H,4-5,10H2,1-3H3. The SMILES string of the molecule is CCOC(=O)C(CC(=O)c1ccccc1OC)C(=O)OCC. The molecule has 0 heterocycles. The van der Waals surface area contributed by atoms with Gasteiger partial charge in [0.05, 0.1) is 25.9 Å². The molecule has 1 rings (SSSR count). The maximum atomic E-state index is 12.4. The highest BCUT2D eigenvalue weighted by Crippen LogP contribution is 2.22. The molecule has 0 aliphatic heterocycles. The zero-order chi connectivity index (χ0) is 16.5. The van der Waals surface area contributed by atoms with E-state index in [1.807, 2.05) is 0 Å². The Bertz CT molecular complexity index is 519. The maximum Gasteiger partial charge on any atom is 0.320 e. The highest BCUT2D eigenvalue weighted by molar-refractivity contribution is 6.05. The molecule has 0 saturated heterocycles. The van der Waals surface area contributed by atoms with Gasteiger partial charge in [-0.1, -0.05) is 12.1 Å². The number of ketones is 1. The molecule has 1 aromatic carbocycles. The lowest BCUT2D eigenvalue weighted by molar-refractivity contribution is -0.161. The Morgan fingerprint density at radius 1 is 1.00 bits per heavy atom. The molecular weight excluding hydrogens is 288 g/mol. The Kier molecular flexibility index (Phi) is 7.08. The summed E-state index contributed by atoms with van der Waals surface area (Å²) in [7, 11) is 1.44. The van der Waals surface area contributed by atoms with Crippen LogP contribution >= 0.6 is 0 Å². The molecule has 0 N–H and O–H groups in total. The topological polar surface area (TPSA) is 78.9 Å². The molecule has 1 aromatic rings. The summed E-state index contributed by atoms with van der Waals surface area (Å²) in [6, 6.07) is 6.62. The van der Waals surface area contributed by atoms with Crippen molar-refractivity contribution in [2.45, 2.75) is 20.3 Å². The summed E-state index contributed by atoms with van der Waals surface area (Å²) >= 11 is 0. The lowest BCUT2D eigenvalue weighted by Gasteiger charge is -2.14. The van der Waals surface area contributed by atoms with Crippen LogP contribution in [0.15, 0.2) is 24.3 Å². The summed E-state index contributed by atoms with van der Waals surface area (Å²) in [5.74, 6) is -2.78. The molecule has 6 heteroatoms. The fourth-order valence-corrected chi connectivity index (χ4v) is 1.92. The number of methoxy groups -OCH3 is 1. The molecule has 120 valence electrons. The van der Waals surface area contributed by atoms with Crippen LogP contribution in [0.25, 0.3) is 0 Å². The van der Waals surface area contributed by atoms with E-state index in [4.69, 9.17) is 14.2 Å². The van der Waals surface area contributed by atoms with Gasteiger partial charge in [-0.2, -0.15) is 0 Å². The molecule has 0 bridgehead atoms. The Morgan fingerprint density at radius 2 is 1.55 bits per heavy atom.